The van der Waals surface area contributed by atoms with Gasteiger partial charge in [0, 0.05) is 17.5 Å². The van der Waals surface area contributed by atoms with Crippen molar-refractivity contribution in [2.24, 2.45) is 0 Å². The average Bonchev–Trinajstić information content (AvgIpc) is 3.22. The summed E-state index contributed by atoms with van der Waals surface area (Å²) in [6.07, 6.45) is 4.62. The van der Waals surface area contributed by atoms with E-state index in [9.17, 15) is 4.79 Å². The van der Waals surface area contributed by atoms with E-state index in [1.807, 2.05) is 24.0 Å². The van der Waals surface area contributed by atoms with Crippen molar-refractivity contribution in [3.05, 3.63) is 29.0 Å². The summed E-state index contributed by atoms with van der Waals surface area (Å²) in [7, 11) is 0. The SMILES string of the molecule is CCCN(C(=O)c1nc(-c2ccco2)sc1C)C1CCNCC1.Cl.Cl. The Bertz CT molecular complexity index is 655. The molecule has 1 aliphatic heterocycles. The second kappa shape index (κ2) is 10.2. The molecule has 2 aromatic rings. The molecule has 1 fully saturated rings. The summed E-state index contributed by atoms with van der Waals surface area (Å²) in [4.78, 5) is 20.6. The van der Waals surface area contributed by atoms with Crippen LogP contribution >= 0.6 is 36.2 Å². The van der Waals surface area contributed by atoms with Crippen molar-refractivity contribution in [2.45, 2.75) is 39.2 Å². The summed E-state index contributed by atoms with van der Waals surface area (Å²) in [6.45, 7) is 6.82. The fraction of sp³-hybridized carbons (Fsp3) is 0.529. The zero-order chi connectivity index (χ0) is 16.2. The number of hydrogen-bond acceptors (Lipinski definition) is 5. The second-order valence-corrected chi connectivity index (χ2v) is 7.08. The highest BCUT2D eigenvalue weighted by molar-refractivity contribution is 7.15. The summed E-state index contributed by atoms with van der Waals surface area (Å²) >= 11 is 1.52. The Balaban J connectivity index is 0.00000156. The molecule has 1 amide bonds. The van der Waals surface area contributed by atoms with Gasteiger partial charge in [0.05, 0.1) is 6.26 Å². The number of thiazole rings is 1. The fourth-order valence-corrected chi connectivity index (χ4v) is 3.92. The maximum absolute atomic E-state index is 13.1. The first kappa shape index (κ1) is 22.0. The molecule has 0 saturated carbocycles. The number of nitrogens with one attached hydrogen (secondary N) is 1. The van der Waals surface area contributed by atoms with E-state index in [-0.39, 0.29) is 30.7 Å². The Morgan fingerprint density at radius 1 is 1.40 bits per heavy atom. The van der Waals surface area contributed by atoms with Crippen LogP contribution in [-0.2, 0) is 0 Å². The van der Waals surface area contributed by atoms with Crippen LogP contribution in [0.2, 0.25) is 0 Å². The molecule has 1 saturated heterocycles. The highest BCUT2D eigenvalue weighted by Gasteiger charge is 2.28. The van der Waals surface area contributed by atoms with Gasteiger partial charge in [0.25, 0.3) is 5.91 Å². The molecule has 3 rings (SSSR count). The molecule has 3 heterocycles. The van der Waals surface area contributed by atoms with E-state index < -0.39 is 0 Å². The van der Waals surface area contributed by atoms with Crippen LogP contribution < -0.4 is 5.32 Å². The van der Waals surface area contributed by atoms with E-state index >= 15 is 0 Å². The number of furan rings is 1. The molecular weight excluding hydrogens is 381 g/mol. The van der Waals surface area contributed by atoms with Crippen LogP contribution in [-0.4, -0.2) is 41.5 Å². The summed E-state index contributed by atoms with van der Waals surface area (Å²) in [5, 5.41) is 4.14. The molecule has 1 aliphatic rings. The molecule has 0 atom stereocenters. The maximum atomic E-state index is 13.1. The van der Waals surface area contributed by atoms with Crippen molar-refractivity contribution >= 4 is 42.1 Å². The first-order valence-corrected chi connectivity index (χ1v) is 9.05. The minimum atomic E-state index is 0. The number of aryl methyl sites for hydroxylation is 1. The lowest BCUT2D eigenvalue weighted by molar-refractivity contribution is 0.0637. The summed E-state index contributed by atoms with van der Waals surface area (Å²) in [6, 6.07) is 4.03. The molecule has 2 aromatic heterocycles. The van der Waals surface area contributed by atoms with Crippen molar-refractivity contribution < 1.29 is 9.21 Å². The highest BCUT2D eigenvalue weighted by atomic mass is 35.5. The van der Waals surface area contributed by atoms with Crippen molar-refractivity contribution in [3.8, 4) is 10.8 Å². The number of halogens is 2. The van der Waals surface area contributed by atoms with Crippen LogP contribution in [0, 0.1) is 6.92 Å². The molecule has 5 nitrogen and oxygen atoms in total. The number of carbonyl (C=O) groups is 1. The first-order chi connectivity index (χ1) is 11.2. The maximum Gasteiger partial charge on any atom is 0.273 e. The predicted molar refractivity (Wildman–Crippen MR) is 106 cm³/mol. The third-order valence-corrected chi connectivity index (χ3v) is 5.19. The Morgan fingerprint density at radius 2 is 2.12 bits per heavy atom. The van der Waals surface area contributed by atoms with Crippen molar-refractivity contribution in [1.82, 2.24) is 15.2 Å². The van der Waals surface area contributed by atoms with E-state index in [1.165, 1.54) is 11.3 Å². The van der Waals surface area contributed by atoms with Gasteiger partial charge in [-0.1, -0.05) is 6.92 Å². The number of aromatic nitrogens is 1. The van der Waals surface area contributed by atoms with Crippen LogP contribution in [0.4, 0.5) is 0 Å². The Morgan fingerprint density at radius 3 is 2.72 bits per heavy atom. The van der Waals surface area contributed by atoms with Crippen molar-refractivity contribution in [1.29, 1.82) is 0 Å². The Labute approximate surface area is 165 Å². The van der Waals surface area contributed by atoms with Gasteiger partial charge in [-0.3, -0.25) is 4.79 Å². The Hall–Kier alpha value is -1.08. The summed E-state index contributed by atoms with van der Waals surface area (Å²) < 4.78 is 5.41. The van der Waals surface area contributed by atoms with Crippen LogP contribution in [0.15, 0.2) is 22.8 Å². The van der Waals surface area contributed by atoms with E-state index in [2.05, 4.69) is 17.2 Å². The fourth-order valence-electron chi connectivity index (χ4n) is 3.05. The number of rotatable bonds is 5. The lowest BCUT2D eigenvalue weighted by atomic mass is 10.0. The van der Waals surface area contributed by atoms with Gasteiger partial charge in [0.15, 0.2) is 10.8 Å². The van der Waals surface area contributed by atoms with Crippen LogP contribution in [0.5, 0.6) is 0 Å². The van der Waals surface area contributed by atoms with E-state index in [0.29, 0.717) is 11.7 Å². The smallest absolute Gasteiger partial charge is 0.273 e. The number of carbonyl (C=O) groups excluding carboxylic acids is 1. The predicted octanol–water partition coefficient (Wildman–Crippen LogP) is 4.16. The van der Waals surface area contributed by atoms with Gasteiger partial charge in [0.1, 0.15) is 5.69 Å². The van der Waals surface area contributed by atoms with Gasteiger partial charge in [0.2, 0.25) is 0 Å². The van der Waals surface area contributed by atoms with E-state index in [0.717, 1.165) is 54.5 Å². The largest absolute Gasteiger partial charge is 0.462 e. The zero-order valence-corrected chi connectivity index (χ0v) is 16.9. The highest BCUT2D eigenvalue weighted by Crippen LogP contribution is 2.29. The van der Waals surface area contributed by atoms with Gasteiger partial charge in [-0.2, -0.15) is 0 Å². The van der Waals surface area contributed by atoms with E-state index in [4.69, 9.17) is 4.42 Å². The molecule has 0 radical (unpaired) electrons. The molecular formula is C17H25Cl2N3O2S. The van der Waals surface area contributed by atoms with Crippen LogP contribution in [0.3, 0.4) is 0 Å². The van der Waals surface area contributed by atoms with Gasteiger partial charge in [-0.15, -0.1) is 36.2 Å². The quantitative estimate of drug-likeness (QED) is 0.810. The van der Waals surface area contributed by atoms with Gasteiger partial charge >= 0.3 is 0 Å². The molecule has 8 heteroatoms. The number of nitrogens with zero attached hydrogens (tertiary/aromatic N) is 2. The van der Waals surface area contributed by atoms with Crippen molar-refractivity contribution in [3.63, 3.8) is 0 Å². The molecule has 25 heavy (non-hydrogen) atoms. The molecule has 0 spiro atoms. The lowest BCUT2D eigenvalue weighted by Gasteiger charge is -2.34. The number of amides is 1. The second-order valence-electron chi connectivity index (χ2n) is 5.88. The van der Waals surface area contributed by atoms with E-state index in [1.54, 1.807) is 6.26 Å². The average molecular weight is 406 g/mol. The topological polar surface area (TPSA) is 58.4 Å². The third-order valence-electron chi connectivity index (χ3n) is 4.21. The molecule has 1 N–H and O–H groups in total. The third kappa shape index (κ3) is 4.97. The number of piperidine rings is 1. The molecule has 0 aromatic carbocycles. The zero-order valence-electron chi connectivity index (χ0n) is 14.5. The minimum absolute atomic E-state index is 0. The van der Waals surface area contributed by atoms with Crippen LogP contribution in [0.1, 0.15) is 41.6 Å². The lowest BCUT2D eigenvalue weighted by Crippen LogP contribution is -2.46. The normalized spacial score (nSPS) is 14.5. The molecule has 0 bridgehead atoms. The van der Waals surface area contributed by atoms with Gasteiger partial charge < -0.3 is 14.6 Å². The van der Waals surface area contributed by atoms with Crippen molar-refractivity contribution in [2.75, 3.05) is 19.6 Å². The van der Waals surface area contributed by atoms with Crippen LogP contribution in [0.25, 0.3) is 10.8 Å². The molecule has 140 valence electrons. The summed E-state index contributed by atoms with van der Waals surface area (Å²) in [5.41, 5.74) is 0.577. The molecule has 0 unspecified atom stereocenters. The minimum Gasteiger partial charge on any atom is -0.462 e. The first-order valence-electron chi connectivity index (χ1n) is 8.23. The molecule has 0 aliphatic carbocycles. The number of hydrogen-bond donors (Lipinski definition) is 1. The Kier molecular flexibility index (Phi) is 8.93. The van der Waals surface area contributed by atoms with Gasteiger partial charge in [-0.25, -0.2) is 4.98 Å². The van der Waals surface area contributed by atoms with Gasteiger partial charge in [-0.05, 0) is 51.4 Å². The monoisotopic (exact) mass is 405 g/mol. The standard InChI is InChI=1S/C17H23N3O2S.2ClH/c1-3-10-20(13-6-8-18-9-7-13)17(21)15-12(2)23-16(19-15)14-5-4-11-22-14;;/h4-5,11,13,18H,3,6-10H2,1-2H3;2*1H. The summed E-state index contributed by atoms with van der Waals surface area (Å²) in [5.74, 6) is 0.784.